The minimum atomic E-state index is -1.53. The van der Waals surface area contributed by atoms with Crippen molar-refractivity contribution in [3.8, 4) is 0 Å². The van der Waals surface area contributed by atoms with E-state index in [2.05, 4.69) is 0 Å². The summed E-state index contributed by atoms with van der Waals surface area (Å²) in [6.45, 7) is 0.848. The highest BCUT2D eigenvalue weighted by Gasteiger charge is 2.49. The van der Waals surface area contributed by atoms with Crippen molar-refractivity contribution >= 4 is 17.9 Å². The van der Waals surface area contributed by atoms with Crippen LogP contribution in [0, 0.1) is 0 Å². The van der Waals surface area contributed by atoms with Crippen LogP contribution >= 0.6 is 0 Å². The minimum Gasteiger partial charge on any atom is -0.459 e. The Hall–Kier alpha value is -3.23. The van der Waals surface area contributed by atoms with Gasteiger partial charge in [0.2, 0.25) is 0 Å². The van der Waals surface area contributed by atoms with Crippen LogP contribution in [-0.4, -0.2) is 54.2 Å². The van der Waals surface area contributed by atoms with Gasteiger partial charge in [-0.05, 0) is 24.3 Å². The van der Waals surface area contributed by atoms with Crippen molar-refractivity contribution in [1.29, 1.82) is 0 Å². The normalized spacial score (nSPS) is 23.2. The molecule has 4 atom stereocenters. The molecule has 2 aromatic carbocycles. The zero-order valence-corrected chi connectivity index (χ0v) is 15.6. The van der Waals surface area contributed by atoms with Crippen LogP contribution in [0.15, 0.2) is 60.7 Å². The highest BCUT2D eigenvalue weighted by atomic mass is 16.7. The Bertz CT molecular complexity index is 851. The van der Waals surface area contributed by atoms with Crippen molar-refractivity contribution in [3.05, 3.63) is 71.8 Å². The number of hydrogen-bond acceptors (Lipinski definition) is 8. The molecular weight excluding hydrogens is 380 g/mol. The van der Waals surface area contributed by atoms with E-state index < -0.39 is 42.5 Å². The van der Waals surface area contributed by atoms with E-state index in [1.165, 1.54) is 0 Å². The molecule has 1 aliphatic heterocycles. The molecule has 0 aliphatic carbocycles. The lowest BCUT2D eigenvalue weighted by Crippen LogP contribution is -2.41. The van der Waals surface area contributed by atoms with Crippen molar-refractivity contribution in [2.45, 2.75) is 31.5 Å². The van der Waals surface area contributed by atoms with Crippen LogP contribution < -0.4 is 0 Å². The highest BCUT2D eigenvalue weighted by Crippen LogP contribution is 2.27. The van der Waals surface area contributed by atoms with E-state index in [1.54, 1.807) is 60.7 Å². The summed E-state index contributed by atoms with van der Waals surface area (Å²) >= 11 is 0. The molecule has 1 heterocycles. The number of esters is 3. The minimum absolute atomic E-state index is 0.274. The average molecular weight is 400 g/mol. The third-order valence-electron chi connectivity index (χ3n) is 4.23. The predicted octanol–water partition coefficient (Wildman–Crippen LogP) is 1.72. The van der Waals surface area contributed by atoms with E-state index in [4.69, 9.17) is 18.9 Å². The fourth-order valence-corrected chi connectivity index (χ4v) is 2.88. The topological polar surface area (TPSA) is 108 Å². The summed E-state index contributed by atoms with van der Waals surface area (Å²) < 4.78 is 21.1. The van der Waals surface area contributed by atoms with E-state index in [0.29, 0.717) is 5.56 Å². The SMILES string of the molecule is CC(=O)O[C@H]1[C@H](OC(=O)c2ccccc2)[C@H](COC(=O)c2ccccc2)O[C@@H]1O. The molecule has 0 radical (unpaired) electrons. The molecule has 0 unspecified atom stereocenters. The molecule has 0 bridgehead atoms. The summed E-state index contributed by atoms with van der Waals surface area (Å²) in [6, 6.07) is 16.5. The van der Waals surface area contributed by atoms with Gasteiger partial charge in [0.25, 0.3) is 0 Å². The second kappa shape index (κ2) is 9.31. The number of hydrogen-bond donors (Lipinski definition) is 1. The van der Waals surface area contributed by atoms with Crippen molar-refractivity contribution in [2.24, 2.45) is 0 Å². The van der Waals surface area contributed by atoms with Crippen LogP contribution in [0.2, 0.25) is 0 Å². The van der Waals surface area contributed by atoms with Crippen molar-refractivity contribution < 1.29 is 38.4 Å². The number of rotatable bonds is 6. The standard InChI is InChI=1S/C21H20O8/c1-13(22)27-18-17(29-20(24)15-10-6-3-7-11-15)16(28-21(18)25)12-26-19(23)14-8-4-2-5-9-14/h2-11,16-18,21,25H,12H2,1H3/t16-,17+,18-,21-/m0/s1. The highest BCUT2D eigenvalue weighted by molar-refractivity contribution is 5.90. The maximum Gasteiger partial charge on any atom is 0.338 e. The molecular formula is C21H20O8. The summed E-state index contributed by atoms with van der Waals surface area (Å²) in [5.41, 5.74) is 0.607. The summed E-state index contributed by atoms with van der Waals surface area (Å²) in [5, 5.41) is 10.1. The molecule has 1 saturated heterocycles. The van der Waals surface area contributed by atoms with Gasteiger partial charge < -0.3 is 24.1 Å². The molecule has 0 amide bonds. The molecule has 0 spiro atoms. The van der Waals surface area contributed by atoms with Gasteiger partial charge in [-0.15, -0.1) is 0 Å². The van der Waals surface area contributed by atoms with E-state index in [0.717, 1.165) is 6.92 Å². The second-order valence-corrected chi connectivity index (χ2v) is 6.34. The Balaban J connectivity index is 1.72. The third-order valence-corrected chi connectivity index (χ3v) is 4.23. The fraction of sp³-hybridized carbons (Fsp3) is 0.286. The summed E-state index contributed by atoms with van der Waals surface area (Å²) in [7, 11) is 0. The Labute approximate surface area is 167 Å². The average Bonchev–Trinajstić information content (AvgIpc) is 3.01. The lowest BCUT2D eigenvalue weighted by Gasteiger charge is -2.22. The lowest BCUT2D eigenvalue weighted by atomic mass is 10.1. The molecule has 0 aromatic heterocycles. The smallest absolute Gasteiger partial charge is 0.338 e. The van der Waals surface area contributed by atoms with Gasteiger partial charge in [0.15, 0.2) is 18.5 Å². The fourth-order valence-electron chi connectivity index (χ4n) is 2.88. The van der Waals surface area contributed by atoms with E-state index in [1.807, 2.05) is 0 Å². The van der Waals surface area contributed by atoms with Gasteiger partial charge >= 0.3 is 17.9 Å². The molecule has 1 aliphatic rings. The van der Waals surface area contributed by atoms with Crippen LogP contribution in [0.5, 0.6) is 0 Å². The summed E-state index contributed by atoms with van der Waals surface area (Å²) in [5.74, 6) is -1.97. The molecule has 1 fully saturated rings. The number of carbonyl (C=O) groups excluding carboxylic acids is 3. The number of benzene rings is 2. The van der Waals surface area contributed by atoms with Gasteiger partial charge in [-0.25, -0.2) is 9.59 Å². The largest absolute Gasteiger partial charge is 0.459 e. The summed E-state index contributed by atoms with van der Waals surface area (Å²) in [4.78, 5) is 36.0. The van der Waals surface area contributed by atoms with Gasteiger partial charge in [-0.3, -0.25) is 4.79 Å². The monoisotopic (exact) mass is 400 g/mol. The molecule has 2 aromatic rings. The van der Waals surface area contributed by atoms with Crippen LogP contribution in [0.1, 0.15) is 27.6 Å². The zero-order valence-electron chi connectivity index (χ0n) is 15.6. The van der Waals surface area contributed by atoms with Crippen molar-refractivity contribution in [3.63, 3.8) is 0 Å². The third kappa shape index (κ3) is 5.18. The second-order valence-electron chi connectivity index (χ2n) is 6.34. The lowest BCUT2D eigenvalue weighted by molar-refractivity contribution is -0.170. The molecule has 8 nitrogen and oxygen atoms in total. The first-order chi connectivity index (χ1) is 14.0. The van der Waals surface area contributed by atoms with Gasteiger partial charge in [-0.2, -0.15) is 0 Å². The van der Waals surface area contributed by atoms with E-state index >= 15 is 0 Å². The summed E-state index contributed by atoms with van der Waals surface area (Å²) in [6.07, 6.45) is -4.96. The Morgan fingerprint density at radius 2 is 1.41 bits per heavy atom. The molecule has 1 N–H and O–H groups in total. The van der Waals surface area contributed by atoms with Crippen molar-refractivity contribution in [1.82, 2.24) is 0 Å². The van der Waals surface area contributed by atoms with Crippen LogP contribution in [-0.2, 0) is 23.7 Å². The first-order valence-electron chi connectivity index (χ1n) is 8.94. The van der Waals surface area contributed by atoms with E-state index in [-0.39, 0.29) is 12.2 Å². The molecule has 3 rings (SSSR count). The maximum absolute atomic E-state index is 12.4. The van der Waals surface area contributed by atoms with Crippen molar-refractivity contribution in [2.75, 3.05) is 6.61 Å². The predicted molar refractivity (Wildman–Crippen MR) is 98.8 cm³/mol. The number of ether oxygens (including phenoxy) is 4. The molecule has 152 valence electrons. The molecule has 29 heavy (non-hydrogen) atoms. The maximum atomic E-state index is 12.4. The van der Waals surface area contributed by atoms with Gasteiger partial charge in [0, 0.05) is 6.92 Å². The van der Waals surface area contributed by atoms with Gasteiger partial charge in [-0.1, -0.05) is 36.4 Å². The number of aliphatic hydroxyl groups is 1. The Kier molecular flexibility index (Phi) is 6.58. The first-order valence-corrected chi connectivity index (χ1v) is 8.94. The zero-order chi connectivity index (χ0) is 20.8. The Morgan fingerprint density at radius 1 is 0.862 bits per heavy atom. The quantitative estimate of drug-likeness (QED) is 0.577. The van der Waals surface area contributed by atoms with Gasteiger partial charge in [0.1, 0.15) is 12.7 Å². The van der Waals surface area contributed by atoms with Crippen LogP contribution in [0.3, 0.4) is 0 Å². The van der Waals surface area contributed by atoms with Crippen LogP contribution in [0.4, 0.5) is 0 Å². The first kappa shape index (κ1) is 20.5. The Morgan fingerprint density at radius 3 is 1.97 bits per heavy atom. The number of aliphatic hydroxyl groups excluding tert-OH is 1. The van der Waals surface area contributed by atoms with Gasteiger partial charge in [0.05, 0.1) is 11.1 Å². The molecule has 0 saturated carbocycles. The van der Waals surface area contributed by atoms with E-state index in [9.17, 15) is 19.5 Å². The van der Waals surface area contributed by atoms with Crippen LogP contribution in [0.25, 0.3) is 0 Å². The molecule has 8 heteroatoms. The number of carbonyl (C=O) groups is 3.